The van der Waals surface area contributed by atoms with Gasteiger partial charge < -0.3 is 19.8 Å². The molecule has 42 heavy (non-hydrogen) atoms. The van der Waals surface area contributed by atoms with Crippen molar-refractivity contribution in [2.75, 3.05) is 26.8 Å². The number of fused-ring (bicyclic) bond motifs is 5. The number of halogens is 1. The Morgan fingerprint density at radius 3 is 2.67 bits per heavy atom. The van der Waals surface area contributed by atoms with E-state index >= 15 is 4.39 Å². The van der Waals surface area contributed by atoms with Crippen LogP contribution in [-0.2, 0) is 22.4 Å². The number of rotatable bonds is 13. The number of benzene rings is 2. The second-order valence-corrected chi connectivity index (χ2v) is 13.4. The summed E-state index contributed by atoms with van der Waals surface area (Å²) in [4.78, 5) is 15.0. The molecule has 0 bridgehead atoms. The van der Waals surface area contributed by atoms with Gasteiger partial charge >= 0.3 is 0 Å². The average molecular weight is 580 g/mol. The van der Waals surface area contributed by atoms with E-state index in [-0.39, 0.29) is 28.9 Å². The van der Waals surface area contributed by atoms with E-state index in [1.54, 1.807) is 13.2 Å². The van der Waals surface area contributed by atoms with Crippen LogP contribution in [0.2, 0.25) is 0 Å². The number of amides is 1. The highest BCUT2D eigenvalue weighted by molar-refractivity contribution is 5.76. The first-order valence-electron chi connectivity index (χ1n) is 16.3. The molecular weight excluding hydrogens is 529 g/mol. The number of methoxy groups -OCH3 is 1. The summed E-state index contributed by atoms with van der Waals surface area (Å²) in [6.07, 6.45) is 7.92. The first kappa shape index (κ1) is 31.0. The quantitative estimate of drug-likeness (QED) is 0.255. The minimum atomic E-state index is -0.975. The number of aryl methyl sites for hydroxylation is 1. The number of phenols is 1. The molecule has 3 aliphatic rings. The van der Waals surface area contributed by atoms with E-state index in [1.807, 2.05) is 35.2 Å². The van der Waals surface area contributed by atoms with Gasteiger partial charge in [-0.3, -0.25) is 4.79 Å². The molecule has 6 heteroatoms. The van der Waals surface area contributed by atoms with Crippen molar-refractivity contribution in [3.63, 3.8) is 0 Å². The summed E-state index contributed by atoms with van der Waals surface area (Å²) in [5.74, 6) is 1.18. The zero-order chi connectivity index (χ0) is 29.7. The van der Waals surface area contributed by atoms with Crippen molar-refractivity contribution in [1.82, 2.24) is 4.90 Å². The molecule has 0 saturated heterocycles. The summed E-state index contributed by atoms with van der Waals surface area (Å²) in [5.41, 5.74) is 3.08. The van der Waals surface area contributed by atoms with Crippen LogP contribution in [0.15, 0.2) is 48.5 Å². The first-order chi connectivity index (χ1) is 20.3. The summed E-state index contributed by atoms with van der Waals surface area (Å²) in [6.45, 7) is 4.01. The van der Waals surface area contributed by atoms with E-state index < -0.39 is 12.3 Å². The van der Waals surface area contributed by atoms with E-state index in [9.17, 15) is 15.0 Å². The van der Waals surface area contributed by atoms with Crippen LogP contribution in [0.5, 0.6) is 5.75 Å². The van der Waals surface area contributed by atoms with Crippen molar-refractivity contribution in [2.24, 2.45) is 23.2 Å². The highest BCUT2D eigenvalue weighted by atomic mass is 19.1. The molecule has 6 unspecified atom stereocenters. The number of aliphatic hydroxyl groups is 1. The van der Waals surface area contributed by atoms with Crippen molar-refractivity contribution in [1.29, 1.82) is 0 Å². The third-order valence-electron chi connectivity index (χ3n) is 10.9. The molecular formula is C36H50FNO4. The fraction of sp³-hybridized carbons (Fsp3) is 0.639. The molecule has 5 rings (SSSR count). The van der Waals surface area contributed by atoms with Crippen LogP contribution < -0.4 is 0 Å². The molecule has 2 N–H and O–H groups in total. The van der Waals surface area contributed by atoms with Gasteiger partial charge in [-0.25, -0.2) is 4.39 Å². The maximum absolute atomic E-state index is 16.0. The largest absolute Gasteiger partial charge is 0.508 e. The molecule has 7 atom stereocenters. The van der Waals surface area contributed by atoms with Gasteiger partial charge in [-0.2, -0.15) is 0 Å². The fourth-order valence-electron chi connectivity index (χ4n) is 8.73. The van der Waals surface area contributed by atoms with E-state index in [4.69, 9.17) is 4.74 Å². The number of phenolic OH excluding ortho intramolecular Hbond substituents is 1. The van der Waals surface area contributed by atoms with Gasteiger partial charge in [0.1, 0.15) is 11.9 Å². The molecule has 1 amide bonds. The number of ether oxygens (including phenoxy) is 1. The number of unbranched alkanes of at least 4 members (excludes halogenated alkanes) is 2. The SMILES string of the molecule is COCCN(CCCCCC1Cc2cc(O)ccc2C2C(F)C[C@]3(C)C(O)CCC3C12)C(=O)CCCc1ccccc1. The Balaban J connectivity index is 1.18. The number of aromatic hydroxyl groups is 1. The van der Waals surface area contributed by atoms with Crippen molar-refractivity contribution >= 4 is 5.91 Å². The number of nitrogens with zero attached hydrogens (tertiary/aromatic N) is 1. The summed E-state index contributed by atoms with van der Waals surface area (Å²) in [7, 11) is 1.68. The van der Waals surface area contributed by atoms with Gasteiger partial charge in [-0.15, -0.1) is 0 Å². The fourth-order valence-corrected chi connectivity index (χ4v) is 8.73. The highest BCUT2D eigenvalue weighted by Crippen LogP contribution is 2.63. The molecule has 0 heterocycles. The minimum absolute atomic E-state index is 0.152. The second kappa shape index (κ2) is 13.9. The number of alkyl halides is 1. The molecule has 230 valence electrons. The Hall–Kier alpha value is -2.44. The summed E-state index contributed by atoms with van der Waals surface area (Å²) in [5, 5.41) is 21.1. The second-order valence-electron chi connectivity index (χ2n) is 13.4. The summed E-state index contributed by atoms with van der Waals surface area (Å²) >= 11 is 0. The van der Waals surface area contributed by atoms with Crippen molar-refractivity contribution in [3.8, 4) is 5.75 Å². The number of carbonyl (C=O) groups is 1. The molecule has 5 nitrogen and oxygen atoms in total. The molecule has 2 aromatic carbocycles. The number of hydrogen-bond acceptors (Lipinski definition) is 4. The molecule has 0 spiro atoms. The van der Waals surface area contributed by atoms with E-state index in [2.05, 4.69) is 19.1 Å². The van der Waals surface area contributed by atoms with Crippen LogP contribution in [0, 0.1) is 23.2 Å². The third kappa shape index (κ3) is 6.70. The van der Waals surface area contributed by atoms with Gasteiger partial charge in [-0.1, -0.05) is 56.2 Å². The molecule has 2 fully saturated rings. The topological polar surface area (TPSA) is 70.0 Å². The van der Waals surface area contributed by atoms with Crippen LogP contribution in [-0.4, -0.2) is 60.1 Å². The lowest BCUT2D eigenvalue weighted by Gasteiger charge is -2.54. The third-order valence-corrected chi connectivity index (χ3v) is 10.9. The van der Waals surface area contributed by atoms with Crippen LogP contribution in [0.4, 0.5) is 4.39 Å². The normalized spacial score (nSPS) is 29.9. The van der Waals surface area contributed by atoms with Gasteiger partial charge in [0.15, 0.2) is 0 Å². The lowest BCUT2D eigenvalue weighted by atomic mass is 9.51. The van der Waals surface area contributed by atoms with Crippen LogP contribution in [0.1, 0.15) is 87.3 Å². The van der Waals surface area contributed by atoms with E-state index in [0.29, 0.717) is 37.8 Å². The summed E-state index contributed by atoms with van der Waals surface area (Å²) in [6, 6.07) is 15.8. The predicted octanol–water partition coefficient (Wildman–Crippen LogP) is 6.84. The van der Waals surface area contributed by atoms with Gasteiger partial charge in [0.05, 0.1) is 12.7 Å². The smallest absolute Gasteiger partial charge is 0.222 e. The standard InChI is InChI=1S/C36H50FNO4/c1-36-24-31(37)35-29-16-15-28(39)23-27(29)22-26(34(35)30(36)17-18-32(36)40)13-7-4-8-19-38(20-21-42-2)33(41)14-9-12-25-10-5-3-6-11-25/h3,5-6,10-11,15-16,23,26,30-32,34-35,39-40H,4,7-9,12-14,17-22,24H2,1-2H3/t26?,30?,31?,32?,34?,35?,36-/m0/s1. The molecule has 0 aromatic heterocycles. The van der Waals surface area contributed by atoms with Gasteiger partial charge in [0.2, 0.25) is 5.91 Å². The number of hydrogen-bond donors (Lipinski definition) is 2. The Bertz CT molecular complexity index is 1170. The van der Waals surface area contributed by atoms with Gasteiger partial charge in [0, 0.05) is 32.5 Å². The van der Waals surface area contributed by atoms with Crippen LogP contribution in [0.3, 0.4) is 0 Å². The lowest BCUT2D eigenvalue weighted by Crippen LogP contribution is -2.51. The lowest BCUT2D eigenvalue weighted by molar-refractivity contribution is -0.132. The zero-order valence-corrected chi connectivity index (χ0v) is 25.5. The van der Waals surface area contributed by atoms with Crippen LogP contribution in [0.25, 0.3) is 0 Å². The predicted molar refractivity (Wildman–Crippen MR) is 164 cm³/mol. The van der Waals surface area contributed by atoms with Crippen molar-refractivity contribution in [3.05, 3.63) is 65.2 Å². The monoisotopic (exact) mass is 579 g/mol. The van der Waals surface area contributed by atoms with Crippen LogP contribution >= 0.6 is 0 Å². The Kier molecular flexibility index (Phi) is 10.3. The van der Waals surface area contributed by atoms with E-state index in [1.165, 1.54) is 5.56 Å². The zero-order valence-electron chi connectivity index (χ0n) is 25.5. The maximum Gasteiger partial charge on any atom is 0.222 e. The highest BCUT2D eigenvalue weighted by Gasteiger charge is 2.59. The van der Waals surface area contributed by atoms with Gasteiger partial charge in [-0.05, 0) is 103 Å². The number of aliphatic hydroxyl groups excluding tert-OH is 1. The van der Waals surface area contributed by atoms with Crippen molar-refractivity contribution in [2.45, 2.75) is 95.7 Å². The molecule has 0 radical (unpaired) electrons. The van der Waals surface area contributed by atoms with Crippen molar-refractivity contribution < 1.29 is 24.1 Å². The minimum Gasteiger partial charge on any atom is -0.508 e. The Morgan fingerprint density at radius 2 is 1.88 bits per heavy atom. The average Bonchev–Trinajstić information content (AvgIpc) is 3.27. The number of carbonyl (C=O) groups excluding carboxylic acids is 1. The molecule has 2 aromatic rings. The Labute approximate surface area is 251 Å². The Morgan fingerprint density at radius 1 is 1.07 bits per heavy atom. The molecule has 2 saturated carbocycles. The molecule has 3 aliphatic carbocycles. The van der Waals surface area contributed by atoms with E-state index in [0.717, 1.165) is 75.5 Å². The molecule has 0 aliphatic heterocycles. The summed E-state index contributed by atoms with van der Waals surface area (Å²) < 4.78 is 21.3. The maximum atomic E-state index is 16.0. The first-order valence-corrected chi connectivity index (χ1v) is 16.3. The van der Waals surface area contributed by atoms with Gasteiger partial charge in [0.25, 0.3) is 0 Å².